The highest BCUT2D eigenvalue weighted by atomic mass is 79.9. The van der Waals surface area contributed by atoms with Gasteiger partial charge in [0.25, 0.3) is 0 Å². The summed E-state index contributed by atoms with van der Waals surface area (Å²) in [5.41, 5.74) is 0.774. The number of hydrogen-bond acceptors (Lipinski definition) is 2. The molecule has 2 rings (SSSR count). The summed E-state index contributed by atoms with van der Waals surface area (Å²) in [5.74, 6) is 0.502. The first-order chi connectivity index (χ1) is 6.16. The summed E-state index contributed by atoms with van der Waals surface area (Å²) in [6.45, 7) is 0. The van der Waals surface area contributed by atoms with Crippen molar-refractivity contribution in [2.24, 2.45) is 15.2 Å². The van der Waals surface area contributed by atoms with Crippen molar-refractivity contribution in [1.29, 1.82) is 0 Å². The highest BCUT2D eigenvalue weighted by Gasteiger charge is 2.15. The van der Waals surface area contributed by atoms with Crippen molar-refractivity contribution < 1.29 is 0 Å². The number of hydrogen-bond donors (Lipinski definition) is 1. The maximum absolute atomic E-state index is 4.76. The molecule has 1 N–H and O–H groups in total. The second kappa shape index (κ2) is 3.39. The number of halogens is 2. The fourth-order valence-electron chi connectivity index (χ4n) is 0.893. The van der Waals surface area contributed by atoms with E-state index in [9.17, 15) is 0 Å². The lowest BCUT2D eigenvalue weighted by molar-refractivity contribution is 1.29. The Kier molecular flexibility index (Phi) is 2.39. The molecular weight excluding hydrogens is 320 g/mol. The van der Waals surface area contributed by atoms with Crippen LogP contribution in [-0.2, 0) is 0 Å². The van der Waals surface area contributed by atoms with Crippen LogP contribution in [0.4, 0.5) is 0 Å². The number of thiocarbonyl (C=S) groups is 1. The van der Waals surface area contributed by atoms with E-state index in [1.54, 1.807) is 0 Å². The van der Waals surface area contributed by atoms with Gasteiger partial charge in [0.05, 0.1) is 4.60 Å². The van der Waals surface area contributed by atoms with Gasteiger partial charge in [0.2, 0.25) is 10.9 Å². The zero-order valence-electron chi connectivity index (χ0n) is 6.08. The summed E-state index contributed by atoms with van der Waals surface area (Å²) < 4.78 is 1.73. The Labute approximate surface area is 95.8 Å². The van der Waals surface area contributed by atoms with Crippen LogP contribution in [0.3, 0.4) is 0 Å². The Hall–Kier alpha value is -0.400. The molecule has 1 aliphatic rings. The number of azo groups is 1. The third-order valence-corrected chi connectivity index (χ3v) is 2.62. The van der Waals surface area contributed by atoms with E-state index in [1.807, 2.05) is 6.07 Å². The van der Waals surface area contributed by atoms with Gasteiger partial charge in [0.15, 0.2) is 0 Å². The Morgan fingerprint density at radius 1 is 1.31 bits per heavy atom. The molecule has 0 saturated heterocycles. The number of aromatic amines is 1. The van der Waals surface area contributed by atoms with E-state index in [2.05, 4.69) is 52.1 Å². The Bertz CT molecular complexity index is 434. The first-order valence-electron chi connectivity index (χ1n) is 3.25. The minimum Gasteiger partial charge on any atom is -0.346 e. The van der Waals surface area contributed by atoms with Gasteiger partial charge in [0.1, 0.15) is 5.69 Å². The normalized spacial score (nSPS) is 15.2. The lowest BCUT2D eigenvalue weighted by Crippen LogP contribution is -1.95. The second-order valence-electron chi connectivity index (χ2n) is 2.26. The third-order valence-electron chi connectivity index (χ3n) is 1.39. The first-order valence-corrected chi connectivity index (χ1v) is 5.25. The molecule has 0 saturated carbocycles. The molecule has 13 heavy (non-hydrogen) atoms. The van der Waals surface area contributed by atoms with Crippen LogP contribution >= 0.6 is 44.1 Å². The SMILES string of the molecule is S=C1N=NC(c2[nH]c(Br)cc2Br)=N1. The van der Waals surface area contributed by atoms with Gasteiger partial charge < -0.3 is 4.98 Å². The predicted molar refractivity (Wildman–Crippen MR) is 60.2 cm³/mol. The average molecular weight is 322 g/mol. The lowest BCUT2D eigenvalue weighted by Gasteiger charge is -1.90. The van der Waals surface area contributed by atoms with Gasteiger partial charge in [0, 0.05) is 4.47 Å². The van der Waals surface area contributed by atoms with Gasteiger partial charge in [-0.2, -0.15) is 4.99 Å². The topological polar surface area (TPSA) is 52.9 Å². The number of H-pyrrole nitrogens is 1. The van der Waals surface area contributed by atoms with Gasteiger partial charge in [-0.25, -0.2) is 0 Å². The average Bonchev–Trinajstić information content (AvgIpc) is 2.58. The number of rotatable bonds is 1. The minimum absolute atomic E-state index is 0.257. The smallest absolute Gasteiger partial charge is 0.242 e. The number of amidine groups is 1. The molecule has 0 atom stereocenters. The van der Waals surface area contributed by atoms with Crippen molar-refractivity contribution in [3.8, 4) is 0 Å². The van der Waals surface area contributed by atoms with Gasteiger partial charge in [-0.15, -0.1) is 10.2 Å². The van der Waals surface area contributed by atoms with Crippen molar-refractivity contribution in [1.82, 2.24) is 4.98 Å². The number of aliphatic imine (C=N–C) groups is 1. The van der Waals surface area contributed by atoms with Crippen LogP contribution in [0.2, 0.25) is 0 Å². The van der Waals surface area contributed by atoms with Crippen LogP contribution < -0.4 is 0 Å². The standard InChI is InChI=1S/C6H2Br2N4S/c7-2-1-3(8)9-4(2)5-10-6(13)12-11-5/h1,9H. The zero-order chi connectivity index (χ0) is 9.42. The minimum atomic E-state index is 0.257. The van der Waals surface area contributed by atoms with E-state index in [1.165, 1.54) is 0 Å². The van der Waals surface area contributed by atoms with E-state index < -0.39 is 0 Å². The van der Waals surface area contributed by atoms with Crippen LogP contribution in [-0.4, -0.2) is 15.9 Å². The van der Waals surface area contributed by atoms with Gasteiger partial charge in [-0.1, -0.05) is 0 Å². The van der Waals surface area contributed by atoms with Crippen molar-refractivity contribution in [2.45, 2.75) is 0 Å². The molecule has 0 radical (unpaired) electrons. The van der Waals surface area contributed by atoms with Crippen molar-refractivity contribution >= 4 is 55.0 Å². The van der Waals surface area contributed by atoms with E-state index in [4.69, 9.17) is 12.2 Å². The molecule has 0 aliphatic carbocycles. The molecule has 1 aromatic heterocycles. The van der Waals surface area contributed by atoms with Crippen LogP contribution in [0.15, 0.2) is 30.4 Å². The fraction of sp³-hybridized carbons (Fsp3) is 0. The molecular formula is C6H2Br2N4S. The van der Waals surface area contributed by atoms with Crippen molar-refractivity contribution in [2.75, 3.05) is 0 Å². The third kappa shape index (κ3) is 1.77. The summed E-state index contributed by atoms with van der Waals surface area (Å²) in [5, 5.41) is 7.71. The summed E-state index contributed by atoms with van der Waals surface area (Å²) in [7, 11) is 0. The summed E-state index contributed by atoms with van der Waals surface area (Å²) in [6.07, 6.45) is 0. The lowest BCUT2D eigenvalue weighted by atomic mass is 10.4. The monoisotopic (exact) mass is 320 g/mol. The molecule has 0 unspecified atom stereocenters. The highest BCUT2D eigenvalue weighted by molar-refractivity contribution is 9.11. The van der Waals surface area contributed by atoms with E-state index in [-0.39, 0.29) is 5.11 Å². The quantitative estimate of drug-likeness (QED) is 0.794. The van der Waals surface area contributed by atoms with E-state index >= 15 is 0 Å². The Morgan fingerprint density at radius 3 is 2.54 bits per heavy atom. The maximum atomic E-state index is 4.76. The first kappa shape index (κ1) is 9.17. The van der Waals surface area contributed by atoms with Gasteiger partial charge >= 0.3 is 0 Å². The highest BCUT2D eigenvalue weighted by Crippen LogP contribution is 2.23. The second-order valence-corrected chi connectivity index (χ2v) is 4.33. The van der Waals surface area contributed by atoms with E-state index in [0.717, 1.165) is 14.8 Å². The summed E-state index contributed by atoms with van der Waals surface area (Å²) >= 11 is 11.4. The molecule has 0 amide bonds. The fourth-order valence-corrected chi connectivity index (χ4v) is 2.26. The van der Waals surface area contributed by atoms with Crippen LogP contribution in [0.5, 0.6) is 0 Å². The predicted octanol–water partition coefficient (Wildman–Crippen LogP) is 3.04. The summed E-state index contributed by atoms with van der Waals surface area (Å²) in [6, 6.07) is 1.87. The molecule has 0 fully saturated rings. The molecule has 1 aliphatic heterocycles. The molecule has 0 bridgehead atoms. The Morgan fingerprint density at radius 2 is 2.08 bits per heavy atom. The molecule has 0 spiro atoms. The molecule has 7 heteroatoms. The molecule has 66 valence electrons. The van der Waals surface area contributed by atoms with Crippen LogP contribution in [0, 0.1) is 0 Å². The number of aromatic nitrogens is 1. The van der Waals surface area contributed by atoms with E-state index in [0.29, 0.717) is 5.84 Å². The van der Waals surface area contributed by atoms with Crippen LogP contribution in [0.1, 0.15) is 5.69 Å². The van der Waals surface area contributed by atoms with Crippen LogP contribution in [0.25, 0.3) is 0 Å². The molecule has 1 aromatic rings. The van der Waals surface area contributed by atoms with Gasteiger partial charge in [-0.3, -0.25) is 0 Å². The number of nitrogens with one attached hydrogen (secondary N) is 1. The molecule has 4 nitrogen and oxygen atoms in total. The Balaban J connectivity index is 2.47. The van der Waals surface area contributed by atoms with Gasteiger partial charge in [-0.05, 0) is 50.1 Å². The molecule has 0 aromatic carbocycles. The number of nitrogens with zero attached hydrogens (tertiary/aromatic N) is 3. The maximum Gasteiger partial charge on any atom is 0.242 e. The van der Waals surface area contributed by atoms with Crippen molar-refractivity contribution in [3.05, 3.63) is 20.8 Å². The largest absolute Gasteiger partial charge is 0.346 e. The summed E-state index contributed by atoms with van der Waals surface area (Å²) in [4.78, 5) is 7.00. The molecule has 2 heterocycles. The zero-order valence-corrected chi connectivity index (χ0v) is 10.1. The van der Waals surface area contributed by atoms with Crippen molar-refractivity contribution in [3.63, 3.8) is 0 Å².